The minimum absolute atomic E-state index is 0.240. The second-order valence-corrected chi connectivity index (χ2v) is 8.85. The van der Waals surface area contributed by atoms with Gasteiger partial charge in [0.05, 0.1) is 22.7 Å². The zero-order valence-corrected chi connectivity index (χ0v) is 19.6. The van der Waals surface area contributed by atoms with Crippen molar-refractivity contribution in [3.8, 4) is 11.3 Å². The number of esters is 1. The first-order valence-electron chi connectivity index (χ1n) is 11.9. The summed E-state index contributed by atoms with van der Waals surface area (Å²) in [6.07, 6.45) is 2.64. The second-order valence-electron chi connectivity index (χ2n) is 8.85. The van der Waals surface area contributed by atoms with E-state index in [0.717, 1.165) is 28.0 Å². The van der Waals surface area contributed by atoms with Gasteiger partial charge in [-0.25, -0.2) is 4.98 Å². The molecular formula is C28H26N4O4. The van der Waals surface area contributed by atoms with Gasteiger partial charge in [0.25, 0.3) is 0 Å². The van der Waals surface area contributed by atoms with Crippen molar-refractivity contribution >= 4 is 34.4 Å². The van der Waals surface area contributed by atoms with Gasteiger partial charge in [0, 0.05) is 30.2 Å². The number of benzene rings is 2. The highest BCUT2D eigenvalue weighted by atomic mass is 16.5. The van der Waals surface area contributed by atoms with E-state index in [1.807, 2.05) is 54.6 Å². The highest BCUT2D eigenvalue weighted by molar-refractivity contribution is 6.14. The fourth-order valence-electron chi connectivity index (χ4n) is 4.64. The Bertz CT molecular complexity index is 1400. The highest BCUT2D eigenvalue weighted by Crippen LogP contribution is 2.31. The third-order valence-corrected chi connectivity index (χ3v) is 6.58. The number of amides is 1. The fraction of sp³-hybridized carbons (Fsp3) is 0.214. The fourth-order valence-corrected chi connectivity index (χ4v) is 4.64. The van der Waals surface area contributed by atoms with Crippen LogP contribution in [-0.2, 0) is 9.53 Å². The number of carbonyl (C=O) groups excluding carboxylic acids is 3. The number of nitrogens with zero attached hydrogens (tertiary/aromatic N) is 2. The number of nitrogens with one attached hydrogen (secondary N) is 1. The number of para-hydroxylation sites is 1. The van der Waals surface area contributed by atoms with Gasteiger partial charge < -0.3 is 20.4 Å². The van der Waals surface area contributed by atoms with Gasteiger partial charge in [0.1, 0.15) is 5.82 Å². The van der Waals surface area contributed by atoms with Gasteiger partial charge in [-0.2, -0.15) is 0 Å². The van der Waals surface area contributed by atoms with Crippen molar-refractivity contribution in [1.29, 1.82) is 0 Å². The Morgan fingerprint density at radius 1 is 0.972 bits per heavy atom. The number of hydrogen-bond acceptors (Lipinski definition) is 6. The van der Waals surface area contributed by atoms with Crippen LogP contribution in [0, 0.1) is 5.92 Å². The number of nitrogens with two attached hydrogens (primary N) is 1. The van der Waals surface area contributed by atoms with Crippen LogP contribution in [0.1, 0.15) is 33.6 Å². The SMILES string of the molecule is NC(=O)c1ccc(N2CCC(C(=O)OCC(=O)c3c(-c4ccccc4)[nH]c4ccccc34)CC2)nc1. The molecule has 1 aliphatic heterocycles. The lowest BCUT2D eigenvalue weighted by atomic mass is 9.97. The number of H-pyrrole nitrogens is 1. The predicted octanol–water partition coefficient (Wildman–Crippen LogP) is 3.97. The van der Waals surface area contributed by atoms with E-state index in [0.29, 0.717) is 37.1 Å². The number of hydrogen-bond donors (Lipinski definition) is 2. The van der Waals surface area contributed by atoms with Crippen molar-refractivity contribution in [2.24, 2.45) is 11.7 Å². The molecule has 8 nitrogen and oxygen atoms in total. The third kappa shape index (κ3) is 4.70. The van der Waals surface area contributed by atoms with Crippen LogP contribution in [0.3, 0.4) is 0 Å². The van der Waals surface area contributed by atoms with Crippen molar-refractivity contribution in [3.63, 3.8) is 0 Å². The van der Waals surface area contributed by atoms with Crippen molar-refractivity contribution in [2.75, 3.05) is 24.6 Å². The van der Waals surface area contributed by atoms with Gasteiger partial charge in [0.2, 0.25) is 11.7 Å². The van der Waals surface area contributed by atoms with Crippen molar-refractivity contribution in [2.45, 2.75) is 12.8 Å². The first-order chi connectivity index (χ1) is 17.5. The normalized spacial score (nSPS) is 14.1. The van der Waals surface area contributed by atoms with E-state index >= 15 is 0 Å². The number of rotatable bonds is 7. The molecule has 3 N–H and O–H groups in total. The number of pyridine rings is 1. The predicted molar refractivity (Wildman–Crippen MR) is 137 cm³/mol. The first-order valence-corrected chi connectivity index (χ1v) is 11.9. The Labute approximate surface area is 208 Å². The lowest BCUT2D eigenvalue weighted by Crippen LogP contribution is -2.37. The Morgan fingerprint density at radius 2 is 1.69 bits per heavy atom. The molecule has 182 valence electrons. The van der Waals surface area contributed by atoms with Gasteiger partial charge in [-0.1, -0.05) is 48.5 Å². The van der Waals surface area contributed by atoms with Gasteiger partial charge in [0.15, 0.2) is 6.61 Å². The Kier molecular flexibility index (Phi) is 6.49. The second kappa shape index (κ2) is 10.0. The number of ketones is 1. The van der Waals surface area contributed by atoms with Crippen LogP contribution in [0.5, 0.6) is 0 Å². The average Bonchev–Trinajstić information content (AvgIpc) is 3.32. The van der Waals surface area contributed by atoms with Gasteiger partial charge in [-0.15, -0.1) is 0 Å². The summed E-state index contributed by atoms with van der Waals surface area (Å²) in [4.78, 5) is 47.0. The summed E-state index contributed by atoms with van der Waals surface area (Å²) in [6, 6.07) is 20.7. The number of ether oxygens (including phenoxy) is 1. The summed E-state index contributed by atoms with van der Waals surface area (Å²) in [5.74, 6) is -0.671. The number of Topliss-reactive ketones (excluding diaryl/α,β-unsaturated/α-hetero) is 1. The lowest BCUT2D eigenvalue weighted by molar-refractivity contribution is -0.148. The van der Waals surface area contributed by atoms with Crippen LogP contribution < -0.4 is 10.6 Å². The Hall–Kier alpha value is -4.46. The smallest absolute Gasteiger partial charge is 0.309 e. The van der Waals surface area contributed by atoms with Gasteiger partial charge in [-0.05, 0) is 36.6 Å². The Morgan fingerprint density at radius 3 is 2.39 bits per heavy atom. The minimum Gasteiger partial charge on any atom is -0.457 e. The van der Waals surface area contributed by atoms with Crippen LogP contribution in [0.15, 0.2) is 72.9 Å². The maximum Gasteiger partial charge on any atom is 0.309 e. The summed E-state index contributed by atoms with van der Waals surface area (Å²) in [5.41, 5.74) is 8.63. The molecule has 8 heteroatoms. The van der Waals surface area contributed by atoms with Crippen LogP contribution in [0.25, 0.3) is 22.2 Å². The van der Waals surface area contributed by atoms with Gasteiger partial charge >= 0.3 is 5.97 Å². The summed E-state index contributed by atoms with van der Waals surface area (Å²) < 4.78 is 5.50. The molecule has 1 saturated heterocycles. The van der Waals surface area contributed by atoms with E-state index in [9.17, 15) is 14.4 Å². The molecule has 1 aliphatic rings. The topological polar surface area (TPSA) is 118 Å². The van der Waals surface area contributed by atoms with Crippen molar-refractivity contribution in [3.05, 3.63) is 84.1 Å². The molecule has 0 unspecified atom stereocenters. The maximum absolute atomic E-state index is 13.3. The number of anilines is 1. The van der Waals surface area contributed by atoms with E-state index in [1.165, 1.54) is 6.20 Å². The molecule has 0 aliphatic carbocycles. The number of aromatic nitrogens is 2. The van der Waals surface area contributed by atoms with Crippen molar-refractivity contribution < 1.29 is 19.1 Å². The molecule has 5 rings (SSSR count). The summed E-state index contributed by atoms with van der Waals surface area (Å²) in [5, 5.41) is 0.806. The van der Waals surface area contributed by atoms with E-state index in [1.54, 1.807) is 12.1 Å². The Balaban J connectivity index is 1.23. The van der Waals surface area contributed by atoms with E-state index in [2.05, 4.69) is 14.9 Å². The molecule has 0 radical (unpaired) electrons. The zero-order valence-electron chi connectivity index (χ0n) is 19.6. The molecule has 0 atom stereocenters. The van der Waals surface area contributed by atoms with Gasteiger partial charge in [-0.3, -0.25) is 14.4 Å². The van der Waals surface area contributed by atoms with E-state index in [-0.39, 0.29) is 24.3 Å². The number of primary amides is 1. The number of aromatic amines is 1. The molecule has 0 bridgehead atoms. The number of piperidine rings is 1. The standard InChI is InChI=1S/C28H26N4O4/c29-27(34)20-10-11-24(30-16-20)32-14-12-19(13-15-32)28(35)36-17-23(33)25-21-8-4-5-9-22(21)31-26(25)18-6-2-1-3-7-18/h1-11,16,19,31H,12-15,17H2,(H2,29,34). The van der Waals surface area contributed by atoms with Crippen LogP contribution in [-0.4, -0.2) is 47.3 Å². The molecular weight excluding hydrogens is 456 g/mol. The van der Waals surface area contributed by atoms with E-state index < -0.39 is 5.91 Å². The monoisotopic (exact) mass is 482 g/mol. The van der Waals surface area contributed by atoms with E-state index in [4.69, 9.17) is 10.5 Å². The molecule has 0 spiro atoms. The number of fused-ring (bicyclic) bond motifs is 1. The molecule has 1 fully saturated rings. The zero-order chi connectivity index (χ0) is 25.1. The minimum atomic E-state index is -0.520. The summed E-state index contributed by atoms with van der Waals surface area (Å²) in [7, 11) is 0. The quantitative estimate of drug-likeness (QED) is 0.304. The highest BCUT2D eigenvalue weighted by Gasteiger charge is 2.28. The van der Waals surface area contributed by atoms with Crippen LogP contribution in [0.2, 0.25) is 0 Å². The van der Waals surface area contributed by atoms with Crippen molar-refractivity contribution in [1.82, 2.24) is 9.97 Å². The molecule has 3 heterocycles. The maximum atomic E-state index is 13.3. The number of carbonyl (C=O) groups is 3. The molecule has 0 saturated carbocycles. The molecule has 4 aromatic rings. The molecule has 36 heavy (non-hydrogen) atoms. The van der Waals surface area contributed by atoms with Crippen LogP contribution >= 0.6 is 0 Å². The molecule has 1 amide bonds. The first kappa shape index (κ1) is 23.3. The van der Waals surface area contributed by atoms with Crippen LogP contribution in [0.4, 0.5) is 5.82 Å². The molecule has 2 aromatic heterocycles. The largest absolute Gasteiger partial charge is 0.457 e. The summed E-state index contributed by atoms with van der Waals surface area (Å²) >= 11 is 0. The average molecular weight is 483 g/mol. The molecule has 2 aromatic carbocycles. The lowest BCUT2D eigenvalue weighted by Gasteiger charge is -2.31. The summed E-state index contributed by atoms with van der Waals surface area (Å²) in [6.45, 7) is 0.936. The third-order valence-electron chi connectivity index (χ3n) is 6.58.